The van der Waals surface area contributed by atoms with E-state index in [-0.39, 0.29) is 41.0 Å². The van der Waals surface area contributed by atoms with E-state index < -0.39 is 0 Å². The zero-order chi connectivity index (χ0) is 26.5. The summed E-state index contributed by atoms with van der Waals surface area (Å²) in [6.45, 7) is 8.74. The van der Waals surface area contributed by atoms with Crippen LogP contribution in [0.4, 0.5) is 0 Å². The average Bonchev–Trinajstić information content (AvgIpc) is 3.15. The number of hydrogen-bond acceptors (Lipinski definition) is 4. The first-order valence-corrected chi connectivity index (χ1v) is 14.9. The first-order chi connectivity index (χ1) is 16.8. The molecule has 0 saturated heterocycles. The highest BCUT2D eigenvalue weighted by atomic mass is 16.3. The summed E-state index contributed by atoms with van der Waals surface area (Å²) < 4.78 is 0.912. The lowest BCUT2D eigenvalue weighted by Gasteiger charge is -2.63. The molecule has 4 aliphatic carbocycles. The highest BCUT2D eigenvalue weighted by molar-refractivity contribution is 5.75. The SMILES string of the molecule is C[C@H](CCC(=O)NCCC[N+](C)(C)C)[C@H]1CC[C@H]2[C@@H]3[C@H](O)C[C@@H]4C[C@H](O)CC[C@]4(C)[C@H]3C[C@H](O)[C@]12C. The van der Waals surface area contributed by atoms with E-state index in [4.69, 9.17) is 0 Å². The van der Waals surface area contributed by atoms with Crippen LogP contribution in [0.1, 0.15) is 85.0 Å². The van der Waals surface area contributed by atoms with Gasteiger partial charge in [-0.1, -0.05) is 20.8 Å². The zero-order valence-electron chi connectivity index (χ0n) is 23.9. The number of carbonyl (C=O) groups is 1. The van der Waals surface area contributed by atoms with E-state index in [1.807, 2.05) is 0 Å². The van der Waals surface area contributed by atoms with Gasteiger partial charge in [0.15, 0.2) is 0 Å². The van der Waals surface area contributed by atoms with Gasteiger partial charge in [-0.15, -0.1) is 0 Å². The molecule has 0 unspecified atom stereocenters. The number of rotatable bonds is 8. The molecule has 4 fully saturated rings. The minimum Gasteiger partial charge on any atom is -0.393 e. The second-order valence-corrected chi connectivity index (χ2v) is 14.8. The Morgan fingerprint density at radius 3 is 2.44 bits per heavy atom. The third-order valence-electron chi connectivity index (χ3n) is 11.7. The van der Waals surface area contributed by atoms with Crippen molar-refractivity contribution in [2.75, 3.05) is 34.2 Å². The summed E-state index contributed by atoms with van der Waals surface area (Å²) in [6.07, 6.45) is 7.84. The molecule has 36 heavy (non-hydrogen) atoms. The van der Waals surface area contributed by atoms with Gasteiger partial charge < -0.3 is 25.1 Å². The van der Waals surface area contributed by atoms with Crippen LogP contribution in [-0.4, -0.2) is 78.3 Å². The maximum Gasteiger partial charge on any atom is 0.220 e. The molecule has 6 heteroatoms. The molecular formula is C30H55N2O4+. The second kappa shape index (κ2) is 10.5. The summed E-state index contributed by atoms with van der Waals surface area (Å²) in [5, 5.41) is 36.6. The van der Waals surface area contributed by atoms with Crippen LogP contribution in [0.2, 0.25) is 0 Å². The number of amides is 1. The maximum atomic E-state index is 12.5. The van der Waals surface area contributed by atoms with E-state index in [1.54, 1.807) is 0 Å². The van der Waals surface area contributed by atoms with Crippen LogP contribution >= 0.6 is 0 Å². The molecule has 0 aliphatic heterocycles. The number of quaternary nitrogens is 1. The van der Waals surface area contributed by atoms with Gasteiger partial charge in [0.05, 0.1) is 46.0 Å². The van der Waals surface area contributed by atoms with Crippen molar-refractivity contribution in [2.24, 2.45) is 46.3 Å². The Bertz CT molecular complexity index is 783. The van der Waals surface area contributed by atoms with Crippen molar-refractivity contribution >= 4 is 5.91 Å². The lowest BCUT2D eigenvalue weighted by atomic mass is 9.43. The summed E-state index contributed by atoms with van der Waals surface area (Å²) in [5.41, 5.74) is -0.0842. The highest BCUT2D eigenvalue weighted by Crippen LogP contribution is 2.68. The van der Waals surface area contributed by atoms with Crippen LogP contribution in [0.5, 0.6) is 0 Å². The van der Waals surface area contributed by atoms with Crippen LogP contribution in [-0.2, 0) is 4.79 Å². The molecule has 4 N–H and O–H groups in total. The molecular weight excluding hydrogens is 452 g/mol. The van der Waals surface area contributed by atoms with Crippen molar-refractivity contribution in [1.82, 2.24) is 5.32 Å². The highest BCUT2D eigenvalue weighted by Gasteiger charge is 2.65. The number of aliphatic hydroxyl groups excluding tert-OH is 3. The topological polar surface area (TPSA) is 89.8 Å². The van der Waals surface area contributed by atoms with Crippen LogP contribution in [0, 0.1) is 46.3 Å². The number of nitrogens with one attached hydrogen (secondary N) is 1. The van der Waals surface area contributed by atoms with Gasteiger partial charge in [-0.3, -0.25) is 4.79 Å². The van der Waals surface area contributed by atoms with Crippen molar-refractivity contribution in [1.29, 1.82) is 0 Å². The van der Waals surface area contributed by atoms with E-state index in [1.165, 1.54) is 0 Å². The van der Waals surface area contributed by atoms with E-state index in [2.05, 4.69) is 47.2 Å². The summed E-state index contributed by atoms with van der Waals surface area (Å²) >= 11 is 0. The maximum absolute atomic E-state index is 12.5. The number of aliphatic hydroxyl groups is 3. The lowest BCUT2D eigenvalue weighted by molar-refractivity contribution is -0.870. The predicted molar refractivity (Wildman–Crippen MR) is 143 cm³/mol. The van der Waals surface area contributed by atoms with Gasteiger partial charge in [-0.25, -0.2) is 0 Å². The lowest BCUT2D eigenvalue weighted by Crippen LogP contribution is -2.62. The minimum atomic E-state index is -0.363. The number of nitrogens with zero attached hydrogens (tertiary/aromatic N) is 1. The van der Waals surface area contributed by atoms with Crippen LogP contribution < -0.4 is 5.32 Å². The third-order valence-corrected chi connectivity index (χ3v) is 11.7. The monoisotopic (exact) mass is 507 g/mol. The van der Waals surface area contributed by atoms with E-state index in [0.29, 0.717) is 36.0 Å². The van der Waals surface area contributed by atoms with Gasteiger partial charge in [0.2, 0.25) is 5.91 Å². The fraction of sp³-hybridized carbons (Fsp3) is 0.967. The molecule has 6 nitrogen and oxygen atoms in total. The van der Waals surface area contributed by atoms with Crippen LogP contribution in [0.3, 0.4) is 0 Å². The molecule has 0 bridgehead atoms. The van der Waals surface area contributed by atoms with Crippen molar-refractivity contribution in [3.8, 4) is 0 Å². The summed E-state index contributed by atoms with van der Waals surface area (Å²) in [7, 11) is 6.52. The molecule has 0 heterocycles. The predicted octanol–water partition coefficient (Wildman–Crippen LogP) is 3.58. The smallest absolute Gasteiger partial charge is 0.220 e. The Labute approximate surface area is 219 Å². The first kappa shape index (κ1) is 28.3. The zero-order valence-corrected chi connectivity index (χ0v) is 23.9. The van der Waals surface area contributed by atoms with Gasteiger partial charge >= 0.3 is 0 Å². The van der Waals surface area contributed by atoms with Gasteiger partial charge in [-0.05, 0) is 97.7 Å². The Balaban J connectivity index is 1.39. The molecule has 11 atom stereocenters. The van der Waals surface area contributed by atoms with Gasteiger partial charge in [-0.2, -0.15) is 0 Å². The van der Waals surface area contributed by atoms with E-state index >= 15 is 0 Å². The Morgan fingerprint density at radius 2 is 1.75 bits per heavy atom. The molecule has 0 spiro atoms. The Kier molecular flexibility index (Phi) is 8.23. The number of carbonyl (C=O) groups excluding carboxylic acids is 1. The van der Waals surface area contributed by atoms with Gasteiger partial charge in [0.1, 0.15) is 0 Å². The summed E-state index contributed by atoms with van der Waals surface area (Å²) in [4.78, 5) is 12.5. The third kappa shape index (κ3) is 5.26. The van der Waals surface area contributed by atoms with Gasteiger partial charge in [0, 0.05) is 19.4 Å². The van der Waals surface area contributed by atoms with Crippen LogP contribution in [0.25, 0.3) is 0 Å². The van der Waals surface area contributed by atoms with E-state index in [9.17, 15) is 20.1 Å². The summed E-state index contributed by atoms with van der Waals surface area (Å²) in [5.74, 6) is 2.17. The minimum absolute atomic E-state index is 0.110. The fourth-order valence-electron chi connectivity index (χ4n) is 9.56. The molecule has 0 aromatic carbocycles. The van der Waals surface area contributed by atoms with Gasteiger partial charge in [0.25, 0.3) is 0 Å². The molecule has 208 valence electrons. The normalized spacial score (nSPS) is 45.4. The number of hydrogen-bond donors (Lipinski definition) is 4. The molecule has 0 aromatic heterocycles. The quantitative estimate of drug-likeness (QED) is 0.299. The van der Waals surface area contributed by atoms with E-state index in [0.717, 1.165) is 75.4 Å². The van der Waals surface area contributed by atoms with Crippen molar-refractivity contribution in [3.05, 3.63) is 0 Å². The molecule has 4 saturated carbocycles. The van der Waals surface area contributed by atoms with Crippen LogP contribution in [0.15, 0.2) is 0 Å². The molecule has 0 aromatic rings. The summed E-state index contributed by atoms with van der Waals surface area (Å²) in [6, 6.07) is 0. The van der Waals surface area contributed by atoms with Crippen molar-refractivity contribution < 1.29 is 24.6 Å². The molecule has 1 amide bonds. The number of fused-ring (bicyclic) bond motifs is 5. The van der Waals surface area contributed by atoms with Crippen molar-refractivity contribution in [3.63, 3.8) is 0 Å². The second-order valence-electron chi connectivity index (χ2n) is 14.8. The molecule has 4 aliphatic rings. The average molecular weight is 508 g/mol. The standard InChI is InChI=1S/C30H54N2O4/c1-19(8-11-27(36)31-14-7-15-32(4,5)6)22-9-10-23-28-24(18-26(35)30(22,23)3)29(2)13-12-21(33)16-20(29)17-25(28)34/h19-26,28,33-35H,7-18H2,1-6H3/p+1/t19-,20+,21-,22-,23+,24+,25-,26+,28+,29+,30-/m1/s1. The van der Waals surface area contributed by atoms with Crippen molar-refractivity contribution in [2.45, 2.75) is 103 Å². The largest absolute Gasteiger partial charge is 0.393 e. The first-order valence-electron chi connectivity index (χ1n) is 14.9. The fourth-order valence-corrected chi connectivity index (χ4v) is 9.56. The molecule has 0 radical (unpaired) electrons. The molecule has 4 rings (SSSR count). The Morgan fingerprint density at radius 1 is 1.03 bits per heavy atom. The Hall–Kier alpha value is -0.690.